The number of aromatic nitrogens is 18. The van der Waals surface area contributed by atoms with Gasteiger partial charge >= 0.3 is 6.18 Å². The van der Waals surface area contributed by atoms with Gasteiger partial charge in [-0.1, -0.05) is 138 Å². The Bertz CT molecular complexity index is 6190. The van der Waals surface area contributed by atoms with Crippen molar-refractivity contribution < 1.29 is 54.5 Å². The SMILES string of the molecule is CCC1CCC(c2nc(-c3ccncc3)no2)CC1.CCCCC1CCC(c2nc(-c3ccncc3)no2)CC1.CCOc1cc(OCC)cc(-c2nc(-c3ccncc3)no2)c1.FC(F)(F)c1cc(-c2ccccc2)cc(-c2nc(-c3ccncc3)no2)c1.c1cc(-c2noc(C3CCCC3)n2)ccn1.c1ccc(Oc2cccc(-c3nc(-c4ccncc4)no3)c2)cc1. The van der Waals surface area contributed by atoms with Crippen LogP contribution in [-0.4, -0.2) is 104 Å². The van der Waals surface area contributed by atoms with Crippen LogP contribution in [0, 0.1) is 11.8 Å². The molecule has 130 heavy (non-hydrogen) atoms. The molecule has 0 radical (unpaired) electrons. The maximum atomic E-state index is 13.4. The highest BCUT2D eigenvalue weighted by atomic mass is 19.4. The van der Waals surface area contributed by atoms with Gasteiger partial charge < -0.3 is 41.3 Å². The third-order valence-electron chi connectivity index (χ3n) is 22.3. The highest BCUT2D eigenvalue weighted by Crippen LogP contribution is 2.42. The summed E-state index contributed by atoms with van der Waals surface area (Å²) in [6.45, 7) is 9.55. The molecule has 12 aromatic heterocycles. The normalized spacial score (nSPS) is 15.3. The molecule has 3 saturated carbocycles. The van der Waals surface area contributed by atoms with Crippen molar-refractivity contribution >= 4 is 0 Å². The largest absolute Gasteiger partial charge is 0.494 e. The summed E-state index contributed by atoms with van der Waals surface area (Å²) < 4.78 is 89.3. The maximum absolute atomic E-state index is 13.4. The minimum Gasteiger partial charge on any atom is -0.494 e. The van der Waals surface area contributed by atoms with Crippen LogP contribution >= 0.6 is 0 Å². The predicted octanol–water partition coefficient (Wildman–Crippen LogP) is 24.9. The molecule has 17 aromatic rings. The standard InChI is InChI=1S/C20H12F3N3O.C19H13N3O2.C17H17N3O3.C17H23N3O.C15H19N3O.C12H13N3O/c21-20(22,23)17-11-15(13-4-2-1-3-5-13)10-16(12-17)19-25-18(26-27-19)14-6-8-24-9-7-14;1-2-6-16(7-3-1)23-17-8-4-5-15(13-17)19-21-18(22-24-19)14-9-11-20-12-10-14;1-3-21-14-9-13(10-15(11-14)22-4-2)17-19-16(20-23-17)12-5-7-18-8-6-12;1-2-3-4-13-5-7-15(8-6-13)17-19-16(20-21-17)14-9-11-18-12-10-14;1-2-11-3-5-13(6-4-11)15-17-14(18-19-15)12-7-9-16-10-8-12;1-2-4-10(3-1)12-14-11(15-16-12)9-5-7-13-8-6-9/h1-12H;1-13H;5-11H,3-4H2,1-2H3;9-13,15H,2-8H2,1H3;7-11,13H,2-6H2,1H3;5-8,10H,1-4H2. The summed E-state index contributed by atoms with van der Waals surface area (Å²) in [6, 6.07) is 57.4. The van der Waals surface area contributed by atoms with E-state index in [1.165, 1.54) is 103 Å². The molecule has 0 spiro atoms. The van der Waals surface area contributed by atoms with Gasteiger partial charge in [-0.15, -0.1) is 0 Å². The second kappa shape index (κ2) is 45.5. The number of hydrogen-bond donors (Lipinski definition) is 0. The molecule has 3 fully saturated rings. The zero-order chi connectivity index (χ0) is 89.5. The first-order valence-corrected chi connectivity index (χ1v) is 43.8. The van der Waals surface area contributed by atoms with Crippen LogP contribution in [0.15, 0.2) is 296 Å². The molecule has 3 aliphatic rings. The fourth-order valence-electron chi connectivity index (χ4n) is 15.3. The van der Waals surface area contributed by atoms with Gasteiger partial charge in [0.1, 0.15) is 23.0 Å². The topological polar surface area (TPSA) is 339 Å². The fraction of sp³-hybridized carbons (Fsp3) is 0.280. The highest BCUT2D eigenvalue weighted by Gasteiger charge is 2.33. The van der Waals surface area contributed by atoms with Crippen LogP contribution in [-0.2, 0) is 6.18 Å². The molecule has 12 heterocycles. The molecule has 0 unspecified atom stereocenters. The van der Waals surface area contributed by atoms with Gasteiger partial charge in [0, 0.05) is 148 Å². The number of hydrogen-bond acceptors (Lipinski definition) is 27. The van der Waals surface area contributed by atoms with Crippen molar-refractivity contribution in [2.24, 2.45) is 11.8 Å². The number of halogens is 3. The quantitative estimate of drug-likeness (QED) is 0.0574. The van der Waals surface area contributed by atoms with E-state index in [1.807, 2.05) is 147 Å². The van der Waals surface area contributed by atoms with E-state index in [4.69, 9.17) is 41.3 Å². The number of pyridine rings is 6. The van der Waals surface area contributed by atoms with E-state index in [0.29, 0.717) is 106 Å². The van der Waals surface area contributed by atoms with Gasteiger partial charge in [-0.2, -0.15) is 43.1 Å². The van der Waals surface area contributed by atoms with Crippen LogP contribution in [0.2, 0.25) is 0 Å². The lowest BCUT2D eigenvalue weighted by molar-refractivity contribution is -0.137. The van der Waals surface area contributed by atoms with E-state index in [2.05, 4.69) is 105 Å². The Morgan fingerprint density at radius 3 is 1.03 bits per heavy atom. The Kier molecular flexibility index (Phi) is 31.4. The van der Waals surface area contributed by atoms with Gasteiger partial charge in [0.15, 0.2) is 0 Å². The van der Waals surface area contributed by atoms with E-state index in [9.17, 15) is 13.2 Å². The summed E-state index contributed by atoms with van der Waals surface area (Å²) in [5, 5.41) is 24.1. The van der Waals surface area contributed by atoms with Gasteiger partial charge in [-0.3, -0.25) is 29.9 Å². The maximum Gasteiger partial charge on any atom is 0.416 e. The molecule has 0 amide bonds. The van der Waals surface area contributed by atoms with Gasteiger partial charge in [0.25, 0.3) is 17.7 Å². The third-order valence-corrected chi connectivity index (χ3v) is 22.3. The van der Waals surface area contributed by atoms with E-state index in [-0.39, 0.29) is 17.3 Å². The summed E-state index contributed by atoms with van der Waals surface area (Å²) in [5.74, 6) is 12.7. The van der Waals surface area contributed by atoms with E-state index in [1.54, 1.807) is 123 Å². The fourth-order valence-corrected chi connectivity index (χ4v) is 15.3. The zero-order valence-corrected chi connectivity index (χ0v) is 72.4. The zero-order valence-electron chi connectivity index (χ0n) is 72.4. The molecule has 30 heteroatoms. The predicted molar refractivity (Wildman–Crippen MR) is 481 cm³/mol. The second-order valence-corrected chi connectivity index (χ2v) is 31.2. The van der Waals surface area contributed by atoms with Crippen molar-refractivity contribution in [3.8, 4) is 137 Å². The lowest BCUT2D eigenvalue weighted by Crippen LogP contribution is -2.13. The third kappa shape index (κ3) is 25.0. The average Bonchev–Trinajstić information content (AvgIpc) is 1.34. The van der Waals surface area contributed by atoms with Crippen LogP contribution in [0.3, 0.4) is 0 Å². The Morgan fingerprint density at radius 1 is 0.300 bits per heavy atom. The molecule has 0 saturated heterocycles. The van der Waals surface area contributed by atoms with Crippen molar-refractivity contribution in [2.45, 2.75) is 154 Å². The number of benzene rings is 5. The molecule has 27 nitrogen and oxygen atoms in total. The number of alkyl halides is 3. The van der Waals surface area contributed by atoms with E-state index in [0.717, 1.165) is 86.3 Å². The lowest BCUT2D eigenvalue weighted by atomic mass is 9.80. The minimum atomic E-state index is -4.49. The Hall–Kier alpha value is -15.0. The smallest absolute Gasteiger partial charge is 0.416 e. The first-order valence-electron chi connectivity index (χ1n) is 43.8. The van der Waals surface area contributed by atoms with Crippen molar-refractivity contribution in [3.05, 3.63) is 292 Å². The molecule has 662 valence electrons. The summed E-state index contributed by atoms with van der Waals surface area (Å²) in [5.41, 5.74) is 7.34. The van der Waals surface area contributed by atoms with Gasteiger partial charge in [-0.05, 0) is 234 Å². The Balaban J connectivity index is 0.000000120. The summed E-state index contributed by atoms with van der Waals surface area (Å²) in [7, 11) is 0. The number of rotatable bonds is 23. The summed E-state index contributed by atoms with van der Waals surface area (Å²) in [4.78, 5) is 50.6. The van der Waals surface area contributed by atoms with E-state index < -0.39 is 11.7 Å². The lowest BCUT2D eigenvalue weighted by Gasteiger charge is -2.26. The monoisotopic (exact) mass is 1750 g/mol. The molecule has 0 bridgehead atoms. The molecule has 20 rings (SSSR count). The van der Waals surface area contributed by atoms with Crippen LogP contribution < -0.4 is 14.2 Å². The number of unbranched alkanes of at least 4 members (excludes halogenated alkanes) is 1. The van der Waals surface area contributed by atoms with E-state index >= 15 is 0 Å². The molecule has 0 atom stereocenters. The van der Waals surface area contributed by atoms with Crippen LogP contribution in [0.1, 0.15) is 171 Å². The van der Waals surface area contributed by atoms with Crippen molar-refractivity contribution in [1.82, 2.24) is 90.7 Å². The van der Waals surface area contributed by atoms with Crippen LogP contribution in [0.5, 0.6) is 23.0 Å². The molecular formula is C100H97F3N18O9. The van der Waals surface area contributed by atoms with Gasteiger partial charge in [0.05, 0.1) is 18.8 Å². The number of nitrogens with zero attached hydrogens (tertiary/aromatic N) is 18. The summed E-state index contributed by atoms with van der Waals surface area (Å²) in [6.07, 6.45) is 36.1. The van der Waals surface area contributed by atoms with Crippen LogP contribution in [0.25, 0.3) is 114 Å². The van der Waals surface area contributed by atoms with Crippen molar-refractivity contribution in [3.63, 3.8) is 0 Å². The minimum absolute atomic E-state index is 0.0186. The van der Waals surface area contributed by atoms with Gasteiger partial charge in [-0.25, -0.2) is 0 Å². The van der Waals surface area contributed by atoms with Crippen LogP contribution in [0.4, 0.5) is 13.2 Å². The molecule has 0 aliphatic heterocycles. The first kappa shape index (κ1) is 89.8. The average molecular weight is 1750 g/mol. The number of ether oxygens (including phenoxy) is 3. The van der Waals surface area contributed by atoms with Crippen molar-refractivity contribution in [2.75, 3.05) is 13.2 Å². The highest BCUT2D eigenvalue weighted by molar-refractivity contribution is 5.72. The molecule has 3 aliphatic carbocycles. The Morgan fingerprint density at radius 2 is 0.638 bits per heavy atom. The second-order valence-electron chi connectivity index (χ2n) is 31.2. The van der Waals surface area contributed by atoms with Crippen molar-refractivity contribution in [1.29, 1.82) is 0 Å². The summed E-state index contributed by atoms with van der Waals surface area (Å²) >= 11 is 0. The first-order chi connectivity index (χ1) is 63.8. The number of para-hydroxylation sites is 1. The molecule has 5 aromatic carbocycles. The van der Waals surface area contributed by atoms with Gasteiger partial charge in [0.2, 0.25) is 52.6 Å². The Labute approximate surface area is 749 Å². The molecule has 0 N–H and O–H groups in total. The molecular weight excluding hydrogens is 1650 g/mol.